The van der Waals surface area contributed by atoms with Gasteiger partial charge in [-0.2, -0.15) is 0 Å². The fourth-order valence-electron chi connectivity index (χ4n) is 1.94. The molecule has 0 unspecified atom stereocenters. The Labute approximate surface area is 65.0 Å². The predicted octanol–water partition coefficient (Wildman–Crippen LogP) is 3.61. The second-order valence-electron chi connectivity index (χ2n) is 3.75. The van der Waals surface area contributed by atoms with Gasteiger partial charge in [-0.15, -0.1) is 0 Å². The van der Waals surface area contributed by atoms with Gasteiger partial charge in [-0.05, 0) is 24.7 Å². The van der Waals surface area contributed by atoms with Crippen molar-refractivity contribution in [2.75, 3.05) is 0 Å². The highest BCUT2D eigenvalue weighted by Gasteiger charge is 2.26. The molecule has 1 fully saturated rings. The quantitative estimate of drug-likeness (QED) is 0.559. The van der Waals surface area contributed by atoms with Gasteiger partial charge in [0.25, 0.3) is 0 Å². The average molecular weight is 140 g/mol. The fraction of sp³-hybridized carbons (Fsp3) is 1.00. The molecule has 0 nitrogen and oxygen atoms in total. The fourth-order valence-corrected chi connectivity index (χ4v) is 1.94. The molecular formula is C10H20. The maximum atomic E-state index is 2.32. The molecule has 1 aliphatic rings. The van der Waals surface area contributed by atoms with E-state index in [-0.39, 0.29) is 0 Å². The Bertz CT molecular complexity index is 77.3. The number of hydrogen-bond donors (Lipinski definition) is 0. The van der Waals surface area contributed by atoms with E-state index in [1.165, 1.54) is 38.5 Å². The molecule has 0 aromatic heterocycles. The standard InChI is InChI=1S/C10H20/c1-3-5-6-10-7-9(4-2)8-10/h9-10H,3-8H2,1-2H3. The summed E-state index contributed by atoms with van der Waals surface area (Å²) >= 11 is 0. The van der Waals surface area contributed by atoms with E-state index >= 15 is 0 Å². The summed E-state index contributed by atoms with van der Waals surface area (Å²) in [5, 5.41) is 0. The maximum absolute atomic E-state index is 2.32. The van der Waals surface area contributed by atoms with Crippen LogP contribution in [0.3, 0.4) is 0 Å². The lowest BCUT2D eigenvalue weighted by atomic mass is 9.71. The first-order valence-electron chi connectivity index (χ1n) is 4.86. The van der Waals surface area contributed by atoms with Crippen molar-refractivity contribution < 1.29 is 0 Å². The first kappa shape index (κ1) is 8.10. The van der Waals surface area contributed by atoms with Crippen LogP contribution in [0.25, 0.3) is 0 Å². The van der Waals surface area contributed by atoms with Crippen molar-refractivity contribution in [3.05, 3.63) is 0 Å². The van der Waals surface area contributed by atoms with E-state index in [4.69, 9.17) is 0 Å². The van der Waals surface area contributed by atoms with Gasteiger partial charge in [0.05, 0.1) is 0 Å². The van der Waals surface area contributed by atoms with Crippen molar-refractivity contribution in [2.45, 2.75) is 52.4 Å². The largest absolute Gasteiger partial charge is 0.0654 e. The van der Waals surface area contributed by atoms with E-state index in [1.54, 1.807) is 0 Å². The van der Waals surface area contributed by atoms with Crippen molar-refractivity contribution >= 4 is 0 Å². The Balaban J connectivity index is 1.93. The first-order chi connectivity index (χ1) is 4.86. The topological polar surface area (TPSA) is 0 Å². The van der Waals surface area contributed by atoms with Crippen molar-refractivity contribution in [3.63, 3.8) is 0 Å². The summed E-state index contributed by atoms with van der Waals surface area (Å²) in [5.41, 5.74) is 0. The highest BCUT2D eigenvalue weighted by atomic mass is 14.3. The van der Waals surface area contributed by atoms with Crippen LogP contribution in [0.15, 0.2) is 0 Å². The number of hydrogen-bond acceptors (Lipinski definition) is 0. The SMILES string of the molecule is CCCCC1CC(CC)C1. The second-order valence-corrected chi connectivity index (χ2v) is 3.75. The van der Waals surface area contributed by atoms with Crippen LogP contribution >= 0.6 is 0 Å². The Morgan fingerprint density at radius 1 is 1.10 bits per heavy atom. The summed E-state index contributed by atoms with van der Waals surface area (Å²) in [7, 11) is 0. The van der Waals surface area contributed by atoms with Gasteiger partial charge in [-0.3, -0.25) is 0 Å². The van der Waals surface area contributed by atoms with E-state index in [0.717, 1.165) is 11.8 Å². The maximum Gasteiger partial charge on any atom is -0.0409 e. The third kappa shape index (κ3) is 2.00. The molecule has 1 rings (SSSR count). The second kappa shape index (κ2) is 4.00. The van der Waals surface area contributed by atoms with Crippen LogP contribution in [0.1, 0.15) is 52.4 Å². The Morgan fingerprint density at radius 2 is 1.80 bits per heavy atom. The zero-order chi connectivity index (χ0) is 7.40. The summed E-state index contributed by atoms with van der Waals surface area (Å²) in [4.78, 5) is 0. The highest BCUT2D eigenvalue weighted by molar-refractivity contribution is 4.77. The van der Waals surface area contributed by atoms with E-state index in [2.05, 4.69) is 13.8 Å². The summed E-state index contributed by atoms with van der Waals surface area (Å²) in [6.07, 6.45) is 8.84. The van der Waals surface area contributed by atoms with Gasteiger partial charge in [0.15, 0.2) is 0 Å². The molecule has 0 aliphatic heterocycles. The first-order valence-corrected chi connectivity index (χ1v) is 4.86. The van der Waals surface area contributed by atoms with Crippen LogP contribution in [-0.4, -0.2) is 0 Å². The molecule has 0 amide bonds. The molecule has 60 valence electrons. The lowest BCUT2D eigenvalue weighted by Crippen LogP contribution is -2.22. The van der Waals surface area contributed by atoms with Gasteiger partial charge in [0, 0.05) is 0 Å². The molecule has 0 radical (unpaired) electrons. The summed E-state index contributed by atoms with van der Waals surface area (Å²) < 4.78 is 0. The minimum Gasteiger partial charge on any atom is -0.0654 e. The zero-order valence-electron chi connectivity index (χ0n) is 7.40. The normalized spacial score (nSPS) is 31.8. The summed E-state index contributed by atoms with van der Waals surface area (Å²) in [6.45, 7) is 4.61. The summed E-state index contributed by atoms with van der Waals surface area (Å²) in [5.74, 6) is 2.21. The third-order valence-electron chi connectivity index (χ3n) is 2.88. The van der Waals surface area contributed by atoms with Crippen LogP contribution in [0.5, 0.6) is 0 Å². The molecule has 0 atom stereocenters. The van der Waals surface area contributed by atoms with Gasteiger partial charge in [0.1, 0.15) is 0 Å². The van der Waals surface area contributed by atoms with Crippen LogP contribution < -0.4 is 0 Å². The molecule has 0 aromatic rings. The Kier molecular flexibility index (Phi) is 3.24. The molecular weight excluding hydrogens is 120 g/mol. The lowest BCUT2D eigenvalue weighted by molar-refractivity contribution is 0.174. The number of unbranched alkanes of at least 4 members (excludes halogenated alkanes) is 1. The smallest absolute Gasteiger partial charge is 0.0409 e. The van der Waals surface area contributed by atoms with Crippen LogP contribution in [-0.2, 0) is 0 Å². The number of rotatable bonds is 4. The average Bonchev–Trinajstić information content (AvgIpc) is 1.86. The van der Waals surface area contributed by atoms with Gasteiger partial charge >= 0.3 is 0 Å². The minimum absolute atomic E-state index is 1.10. The molecule has 0 spiro atoms. The van der Waals surface area contributed by atoms with Gasteiger partial charge in [0.2, 0.25) is 0 Å². The van der Waals surface area contributed by atoms with Crippen molar-refractivity contribution in [1.82, 2.24) is 0 Å². The Morgan fingerprint density at radius 3 is 2.30 bits per heavy atom. The highest BCUT2D eigenvalue weighted by Crippen LogP contribution is 2.38. The molecule has 0 aromatic carbocycles. The predicted molar refractivity (Wildman–Crippen MR) is 46.0 cm³/mol. The third-order valence-corrected chi connectivity index (χ3v) is 2.88. The van der Waals surface area contributed by atoms with E-state index in [9.17, 15) is 0 Å². The minimum atomic E-state index is 1.10. The van der Waals surface area contributed by atoms with E-state index in [1.807, 2.05) is 0 Å². The van der Waals surface area contributed by atoms with Crippen molar-refractivity contribution in [1.29, 1.82) is 0 Å². The molecule has 0 saturated heterocycles. The zero-order valence-corrected chi connectivity index (χ0v) is 7.40. The Hall–Kier alpha value is 0. The van der Waals surface area contributed by atoms with E-state index in [0.29, 0.717) is 0 Å². The molecule has 0 N–H and O–H groups in total. The van der Waals surface area contributed by atoms with Gasteiger partial charge < -0.3 is 0 Å². The molecule has 0 heterocycles. The van der Waals surface area contributed by atoms with Crippen molar-refractivity contribution in [3.8, 4) is 0 Å². The molecule has 0 heteroatoms. The van der Waals surface area contributed by atoms with Gasteiger partial charge in [-0.1, -0.05) is 39.5 Å². The van der Waals surface area contributed by atoms with Crippen molar-refractivity contribution in [2.24, 2.45) is 11.8 Å². The summed E-state index contributed by atoms with van der Waals surface area (Å²) in [6, 6.07) is 0. The molecule has 0 bridgehead atoms. The van der Waals surface area contributed by atoms with Gasteiger partial charge in [-0.25, -0.2) is 0 Å². The van der Waals surface area contributed by atoms with Crippen LogP contribution in [0.4, 0.5) is 0 Å². The van der Waals surface area contributed by atoms with Crippen LogP contribution in [0, 0.1) is 11.8 Å². The monoisotopic (exact) mass is 140 g/mol. The lowest BCUT2D eigenvalue weighted by Gasteiger charge is -2.34. The molecule has 10 heavy (non-hydrogen) atoms. The van der Waals surface area contributed by atoms with Crippen LogP contribution in [0.2, 0.25) is 0 Å². The molecule has 1 saturated carbocycles. The molecule has 1 aliphatic carbocycles. The van der Waals surface area contributed by atoms with E-state index < -0.39 is 0 Å².